The van der Waals surface area contributed by atoms with Crippen LogP contribution in [0.15, 0.2) is 75.5 Å². The van der Waals surface area contributed by atoms with E-state index >= 15 is 0 Å². The van der Waals surface area contributed by atoms with Crippen LogP contribution in [0.5, 0.6) is 0 Å². The molecule has 0 bridgehead atoms. The highest BCUT2D eigenvalue weighted by molar-refractivity contribution is 9.10. The number of carbonyl (C=O) groups is 2. The van der Waals surface area contributed by atoms with Crippen molar-refractivity contribution in [1.82, 2.24) is 4.98 Å². The lowest BCUT2D eigenvalue weighted by atomic mass is 10.2. The van der Waals surface area contributed by atoms with Gasteiger partial charge in [-0.05, 0) is 72.2 Å². The number of carbonyl (C=O) groups excluding carboxylic acids is 2. The number of halogens is 1. The van der Waals surface area contributed by atoms with Crippen molar-refractivity contribution in [2.24, 2.45) is 0 Å². The number of hydrogen-bond acceptors (Lipinski definition) is 5. The molecule has 4 rings (SSSR count). The molecule has 3 aromatic carbocycles. The maximum Gasteiger partial charge on any atom is 0.256 e. The first-order valence-corrected chi connectivity index (χ1v) is 12.4. The van der Waals surface area contributed by atoms with Crippen molar-refractivity contribution in [3.63, 3.8) is 0 Å². The number of benzene rings is 3. The van der Waals surface area contributed by atoms with Gasteiger partial charge in [0.05, 0.1) is 21.0 Å². The molecule has 1 aromatic heterocycles. The van der Waals surface area contributed by atoms with E-state index in [1.165, 1.54) is 23.1 Å². The fourth-order valence-corrected chi connectivity index (χ4v) is 5.68. The van der Waals surface area contributed by atoms with E-state index < -0.39 is 0 Å². The third-order valence-electron chi connectivity index (χ3n) is 4.71. The molecule has 0 aliphatic heterocycles. The number of aryl methyl sites for hydroxylation is 1. The molecule has 162 valence electrons. The number of nitrogens with one attached hydrogen (secondary N) is 2. The SMILES string of the molecule is Cc1ccc(NC(=O)[C@H](C)Sc2nc3ccc(NC(=O)c4ccccc4Br)cc3s2)cc1. The van der Waals surface area contributed by atoms with Crippen LogP contribution in [0.3, 0.4) is 0 Å². The van der Waals surface area contributed by atoms with Crippen molar-refractivity contribution in [3.8, 4) is 0 Å². The third kappa shape index (κ3) is 5.38. The molecule has 4 aromatic rings. The van der Waals surface area contributed by atoms with E-state index in [-0.39, 0.29) is 17.1 Å². The largest absolute Gasteiger partial charge is 0.325 e. The number of amides is 2. The van der Waals surface area contributed by atoms with Crippen LogP contribution in [-0.2, 0) is 4.79 Å². The maximum absolute atomic E-state index is 12.6. The lowest BCUT2D eigenvalue weighted by Crippen LogP contribution is -2.22. The van der Waals surface area contributed by atoms with Gasteiger partial charge in [0.25, 0.3) is 5.91 Å². The van der Waals surface area contributed by atoms with Crippen molar-refractivity contribution in [1.29, 1.82) is 0 Å². The summed E-state index contributed by atoms with van der Waals surface area (Å²) in [5, 5.41) is 5.57. The molecule has 2 N–H and O–H groups in total. The maximum atomic E-state index is 12.6. The standard InChI is InChI=1S/C24H20BrN3O2S2/c1-14-7-9-16(10-8-14)26-22(29)15(2)31-24-28-20-12-11-17(13-21(20)32-24)27-23(30)18-5-3-4-6-19(18)25/h3-13,15H,1-2H3,(H,26,29)(H,27,30)/t15-/m0/s1. The van der Waals surface area contributed by atoms with Crippen LogP contribution in [0, 0.1) is 6.92 Å². The van der Waals surface area contributed by atoms with Crippen LogP contribution in [-0.4, -0.2) is 22.0 Å². The summed E-state index contributed by atoms with van der Waals surface area (Å²) in [5.41, 5.74) is 4.03. The van der Waals surface area contributed by atoms with Crippen molar-refractivity contribution in [3.05, 3.63) is 82.3 Å². The van der Waals surface area contributed by atoms with Gasteiger partial charge in [0.15, 0.2) is 4.34 Å². The van der Waals surface area contributed by atoms with Crippen LogP contribution < -0.4 is 10.6 Å². The molecular formula is C24H20BrN3O2S2. The Kier molecular flexibility index (Phi) is 6.93. The molecule has 1 heterocycles. The lowest BCUT2D eigenvalue weighted by Gasteiger charge is -2.10. The Morgan fingerprint density at radius 3 is 2.47 bits per heavy atom. The molecule has 32 heavy (non-hydrogen) atoms. The topological polar surface area (TPSA) is 71.1 Å². The predicted molar refractivity (Wildman–Crippen MR) is 137 cm³/mol. The molecule has 0 fully saturated rings. The average molecular weight is 526 g/mol. The zero-order chi connectivity index (χ0) is 22.7. The number of thiazole rings is 1. The van der Waals surface area contributed by atoms with Gasteiger partial charge in [-0.25, -0.2) is 4.98 Å². The first kappa shape index (κ1) is 22.5. The van der Waals surface area contributed by atoms with Crippen molar-refractivity contribution in [2.45, 2.75) is 23.4 Å². The molecule has 0 aliphatic rings. The normalized spacial score (nSPS) is 11.8. The van der Waals surface area contributed by atoms with Crippen LogP contribution in [0.25, 0.3) is 10.2 Å². The number of nitrogens with zero attached hydrogens (tertiary/aromatic N) is 1. The van der Waals surface area contributed by atoms with E-state index in [0.29, 0.717) is 11.3 Å². The Bertz CT molecular complexity index is 1290. The molecule has 5 nitrogen and oxygen atoms in total. The molecule has 0 unspecified atom stereocenters. The number of hydrogen-bond donors (Lipinski definition) is 2. The summed E-state index contributed by atoms with van der Waals surface area (Å²) in [6.07, 6.45) is 0. The molecule has 0 saturated carbocycles. The summed E-state index contributed by atoms with van der Waals surface area (Å²) in [7, 11) is 0. The van der Waals surface area contributed by atoms with E-state index in [1.54, 1.807) is 6.07 Å². The molecule has 0 radical (unpaired) electrons. The minimum atomic E-state index is -0.300. The second-order valence-corrected chi connectivity index (χ2v) is 10.7. The predicted octanol–water partition coefficient (Wildman–Crippen LogP) is 6.74. The lowest BCUT2D eigenvalue weighted by molar-refractivity contribution is -0.115. The van der Waals surface area contributed by atoms with Gasteiger partial charge >= 0.3 is 0 Å². The molecule has 0 aliphatic carbocycles. The van der Waals surface area contributed by atoms with Crippen molar-refractivity contribution < 1.29 is 9.59 Å². The second-order valence-electron chi connectivity index (χ2n) is 7.21. The minimum Gasteiger partial charge on any atom is -0.325 e. The monoisotopic (exact) mass is 525 g/mol. The summed E-state index contributed by atoms with van der Waals surface area (Å²) in [5.74, 6) is -0.253. The molecule has 2 amide bonds. The fraction of sp³-hybridized carbons (Fsp3) is 0.125. The third-order valence-corrected chi connectivity index (χ3v) is 7.61. The zero-order valence-corrected chi connectivity index (χ0v) is 20.6. The van der Waals surface area contributed by atoms with Crippen molar-refractivity contribution in [2.75, 3.05) is 10.6 Å². The van der Waals surface area contributed by atoms with E-state index in [4.69, 9.17) is 0 Å². The van der Waals surface area contributed by atoms with Gasteiger partial charge in [-0.3, -0.25) is 9.59 Å². The van der Waals surface area contributed by atoms with Crippen molar-refractivity contribution >= 4 is 72.4 Å². The van der Waals surface area contributed by atoms with Crippen LogP contribution in [0.4, 0.5) is 11.4 Å². The average Bonchev–Trinajstić information content (AvgIpc) is 3.17. The van der Waals surface area contributed by atoms with E-state index in [1.807, 2.05) is 74.5 Å². The van der Waals surface area contributed by atoms with Gasteiger partial charge in [0.2, 0.25) is 5.91 Å². The van der Waals surface area contributed by atoms with E-state index in [0.717, 1.165) is 30.3 Å². The van der Waals surface area contributed by atoms with E-state index in [9.17, 15) is 9.59 Å². The molecule has 0 spiro atoms. The Morgan fingerprint density at radius 1 is 1.00 bits per heavy atom. The number of anilines is 2. The van der Waals surface area contributed by atoms with Crippen LogP contribution in [0.1, 0.15) is 22.8 Å². The van der Waals surface area contributed by atoms with Crippen LogP contribution in [0.2, 0.25) is 0 Å². The highest BCUT2D eigenvalue weighted by Gasteiger charge is 2.17. The quantitative estimate of drug-likeness (QED) is 0.273. The summed E-state index contributed by atoms with van der Waals surface area (Å²) in [6.45, 7) is 3.87. The van der Waals surface area contributed by atoms with Crippen LogP contribution >= 0.6 is 39.0 Å². The second kappa shape index (κ2) is 9.85. The highest BCUT2D eigenvalue weighted by Crippen LogP contribution is 2.34. The Labute approximate surface area is 202 Å². The molecule has 8 heteroatoms. The minimum absolute atomic E-state index is 0.0699. The smallest absolute Gasteiger partial charge is 0.256 e. The summed E-state index contributed by atoms with van der Waals surface area (Å²) in [6, 6.07) is 20.6. The molecular weight excluding hydrogens is 506 g/mol. The summed E-state index contributed by atoms with van der Waals surface area (Å²) in [4.78, 5) is 29.7. The zero-order valence-electron chi connectivity index (χ0n) is 17.4. The highest BCUT2D eigenvalue weighted by atomic mass is 79.9. The Morgan fingerprint density at radius 2 is 1.72 bits per heavy atom. The number of thioether (sulfide) groups is 1. The van der Waals surface area contributed by atoms with E-state index in [2.05, 4.69) is 31.5 Å². The first-order valence-electron chi connectivity index (χ1n) is 9.90. The van der Waals surface area contributed by atoms with Gasteiger partial charge in [-0.1, -0.05) is 41.6 Å². The number of fused-ring (bicyclic) bond motifs is 1. The number of aromatic nitrogens is 1. The molecule has 0 saturated heterocycles. The summed E-state index contributed by atoms with van der Waals surface area (Å²) >= 11 is 6.33. The van der Waals surface area contributed by atoms with Gasteiger partial charge in [0, 0.05) is 15.8 Å². The summed E-state index contributed by atoms with van der Waals surface area (Å²) < 4.78 is 2.50. The van der Waals surface area contributed by atoms with Gasteiger partial charge < -0.3 is 10.6 Å². The van der Waals surface area contributed by atoms with Gasteiger partial charge in [-0.15, -0.1) is 11.3 Å². The first-order chi connectivity index (χ1) is 15.4. The fourth-order valence-electron chi connectivity index (χ4n) is 2.96. The Hall–Kier alpha value is -2.68. The van der Waals surface area contributed by atoms with Gasteiger partial charge in [-0.2, -0.15) is 0 Å². The van der Waals surface area contributed by atoms with Gasteiger partial charge in [0.1, 0.15) is 0 Å². The number of rotatable bonds is 6. The molecule has 1 atom stereocenters. The Balaban J connectivity index is 1.43.